The Hall–Kier alpha value is -0.110. The molecule has 1 nitrogen and oxygen atoms in total. The van der Waals surface area contributed by atoms with Crippen LogP contribution in [0.25, 0.3) is 0 Å². The molecule has 0 saturated carbocycles. The van der Waals surface area contributed by atoms with E-state index in [2.05, 4.69) is 18.7 Å². The van der Waals surface area contributed by atoms with Gasteiger partial charge >= 0.3 is 0 Å². The Balaban J connectivity index is 0.000000671. The Morgan fingerprint density at radius 3 is 2.54 bits per heavy atom. The molecule has 0 aromatic heterocycles. The molecule has 0 N–H and O–H groups in total. The van der Waals surface area contributed by atoms with Crippen LogP contribution in [0.2, 0.25) is 0 Å². The van der Waals surface area contributed by atoms with E-state index in [0.717, 1.165) is 6.54 Å². The smallest absolute Gasteiger partial charge is 0.0807 e. The van der Waals surface area contributed by atoms with Gasteiger partial charge in [0.05, 0.1) is 4.99 Å². The Morgan fingerprint density at radius 1 is 1.38 bits per heavy atom. The quantitative estimate of drug-likeness (QED) is 0.598. The molecule has 1 rings (SSSR count). The molecule has 1 aliphatic rings. The summed E-state index contributed by atoms with van der Waals surface area (Å²) in [5.74, 6) is 0.632. The third kappa shape index (κ3) is 4.08. The molecule has 2 heteroatoms. The van der Waals surface area contributed by atoms with Gasteiger partial charge in [-0.1, -0.05) is 39.4 Å². The second-order valence-corrected chi connectivity index (χ2v) is 3.73. The van der Waals surface area contributed by atoms with Gasteiger partial charge in [-0.05, 0) is 19.8 Å². The molecule has 1 saturated heterocycles. The summed E-state index contributed by atoms with van der Waals surface area (Å²) in [7, 11) is 0. The first-order valence-electron chi connectivity index (χ1n) is 5.54. The first-order valence-corrected chi connectivity index (χ1v) is 5.95. The van der Waals surface area contributed by atoms with Crippen molar-refractivity contribution in [2.24, 2.45) is 5.92 Å². The van der Waals surface area contributed by atoms with Gasteiger partial charge in [-0.2, -0.15) is 0 Å². The van der Waals surface area contributed by atoms with Gasteiger partial charge in [-0.25, -0.2) is 0 Å². The summed E-state index contributed by atoms with van der Waals surface area (Å²) in [4.78, 5) is 3.53. The normalized spacial score (nSPS) is 23.2. The fraction of sp³-hybridized carbons (Fsp3) is 0.909. The lowest BCUT2D eigenvalue weighted by atomic mass is 10.1. The second kappa shape index (κ2) is 7.31. The van der Waals surface area contributed by atoms with Crippen LogP contribution in [0.3, 0.4) is 0 Å². The van der Waals surface area contributed by atoms with Crippen LogP contribution in [0, 0.1) is 5.92 Å². The van der Waals surface area contributed by atoms with Gasteiger partial charge in [0, 0.05) is 19.0 Å². The SMILES string of the molecule is CC.CCN1CCCCC(C)C1=S. The van der Waals surface area contributed by atoms with Gasteiger partial charge in [0.1, 0.15) is 0 Å². The minimum atomic E-state index is 0.632. The summed E-state index contributed by atoms with van der Waals surface area (Å²) in [6, 6.07) is 0. The molecule has 0 bridgehead atoms. The van der Waals surface area contributed by atoms with Gasteiger partial charge in [-0.3, -0.25) is 0 Å². The lowest BCUT2D eigenvalue weighted by Crippen LogP contribution is -2.32. The highest BCUT2D eigenvalue weighted by molar-refractivity contribution is 7.80. The molecule has 0 aliphatic carbocycles. The van der Waals surface area contributed by atoms with Crippen molar-refractivity contribution in [3.8, 4) is 0 Å². The van der Waals surface area contributed by atoms with E-state index in [4.69, 9.17) is 12.2 Å². The zero-order valence-corrected chi connectivity index (χ0v) is 10.3. The van der Waals surface area contributed by atoms with Gasteiger partial charge in [0.15, 0.2) is 0 Å². The van der Waals surface area contributed by atoms with Crippen molar-refractivity contribution < 1.29 is 0 Å². The molecule has 0 radical (unpaired) electrons. The number of nitrogens with zero attached hydrogens (tertiary/aromatic N) is 1. The Labute approximate surface area is 88.5 Å². The topological polar surface area (TPSA) is 3.24 Å². The summed E-state index contributed by atoms with van der Waals surface area (Å²) in [5, 5.41) is 0. The summed E-state index contributed by atoms with van der Waals surface area (Å²) >= 11 is 5.36. The fourth-order valence-electron chi connectivity index (χ4n) is 1.61. The lowest BCUT2D eigenvalue weighted by Gasteiger charge is -2.23. The van der Waals surface area contributed by atoms with E-state index in [1.54, 1.807) is 0 Å². The van der Waals surface area contributed by atoms with E-state index in [1.807, 2.05) is 13.8 Å². The van der Waals surface area contributed by atoms with E-state index < -0.39 is 0 Å². The molecule has 78 valence electrons. The van der Waals surface area contributed by atoms with Crippen molar-refractivity contribution in [1.82, 2.24) is 4.90 Å². The summed E-state index contributed by atoms with van der Waals surface area (Å²) in [5.41, 5.74) is 0. The fourth-order valence-corrected chi connectivity index (χ4v) is 1.95. The van der Waals surface area contributed by atoms with Crippen molar-refractivity contribution >= 4 is 17.2 Å². The van der Waals surface area contributed by atoms with Crippen LogP contribution >= 0.6 is 12.2 Å². The molecule has 1 unspecified atom stereocenters. The first kappa shape index (κ1) is 12.9. The Bertz CT molecular complexity index is 145. The third-order valence-corrected chi connectivity index (χ3v) is 3.09. The van der Waals surface area contributed by atoms with E-state index in [9.17, 15) is 0 Å². The van der Waals surface area contributed by atoms with Gasteiger partial charge in [0.25, 0.3) is 0 Å². The number of hydrogen-bond donors (Lipinski definition) is 0. The molecule has 1 aliphatic heterocycles. The summed E-state index contributed by atoms with van der Waals surface area (Å²) in [6.07, 6.45) is 3.95. The highest BCUT2D eigenvalue weighted by atomic mass is 32.1. The van der Waals surface area contributed by atoms with Crippen LogP contribution in [0.5, 0.6) is 0 Å². The van der Waals surface area contributed by atoms with Crippen LogP contribution < -0.4 is 0 Å². The predicted octanol–water partition coefficient (Wildman–Crippen LogP) is 3.48. The van der Waals surface area contributed by atoms with Crippen molar-refractivity contribution in [2.75, 3.05) is 13.1 Å². The molecular formula is C11H23NS. The van der Waals surface area contributed by atoms with Crippen molar-refractivity contribution in [3.05, 3.63) is 0 Å². The van der Waals surface area contributed by atoms with Crippen molar-refractivity contribution in [1.29, 1.82) is 0 Å². The van der Waals surface area contributed by atoms with E-state index >= 15 is 0 Å². The van der Waals surface area contributed by atoms with Crippen molar-refractivity contribution in [2.45, 2.75) is 47.0 Å². The van der Waals surface area contributed by atoms with Crippen LogP contribution in [0.15, 0.2) is 0 Å². The second-order valence-electron chi connectivity index (χ2n) is 3.31. The average Bonchev–Trinajstić information content (AvgIpc) is 2.34. The molecule has 1 heterocycles. The highest BCUT2D eigenvalue weighted by Gasteiger charge is 2.17. The van der Waals surface area contributed by atoms with Crippen LogP contribution in [0.1, 0.15) is 47.0 Å². The van der Waals surface area contributed by atoms with Crippen LogP contribution in [-0.2, 0) is 0 Å². The zero-order valence-electron chi connectivity index (χ0n) is 9.47. The summed E-state index contributed by atoms with van der Waals surface area (Å²) < 4.78 is 0. The maximum absolute atomic E-state index is 5.36. The first-order chi connectivity index (χ1) is 6.25. The minimum Gasteiger partial charge on any atom is -0.366 e. The highest BCUT2D eigenvalue weighted by Crippen LogP contribution is 2.17. The molecule has 0 spiro atoms. The molecule has 1 fully saturated rings. The predicted molar refractivity (Wildman–Crippen MR) is 64.2 cm³/mol. The van der Waals surface area contributed by atoms with E-state index in [-0.39, 0.29) is 0 Å². The third-order valence-electron chi connectivity index (χ3n) is 2.43. The molecule has 0 aromatic rings. The van der Waals surface area contributed by atoms with Gasteiger partial charge in [0.2, 0.25) is 0 Å². The van der Waals surface area contributed by atoms with E-state index in [1.165, 1.54) is 30.8 Å². The lowest BCUT2D eigenvalue weighted by molar-refractivity contribution is 0.439. The monoisotopic (exact) mass is 201 g/mol. The summed E-state index contributed by atoms with van der Waals surface area (Å²) in [6.45, 7) is 10.7. The van der Waals surface area contributed by atoms with Gasteiger partial charge < -0.3 is 4.90 Å². The van der Waals surface area contributed by atoms with Crippen LogP contribution in [-0.4, -0.2) is 23.0 Å². The molecule has 1 atom stereocenters. The maximum Gasteiger partial charge on any atom is 0.0807 e. The zero-order chi connectivity index (χ0) is 10.3. The maximum atomic E-state index is 5.36. The molecule has 13 heavy (non-hydrogen) atoms. The largest absolute Gasteiger partial charge is 0.366 e. The number of rotatable bonds is 1. The van der Waals surface area contributed by atoms with Crippen LogP contribution in [0.4, 0.5) is 0 Å². The van der Waals surface area contributed by atoms with Crippen molar-refractivity contribution in [3.63, 3.8) is 0 Å². The Morgan fingerprint density at radius 2 is 2.00 bits per heavy atom. The number of thiocarbonyl (C=S) groups is 1. The average molecular weight is 201 g/mol. The number of likely N-dealkylation sites (tertiary alicyclic amines) is 1. The van der Waals surface area contributed by atoms with Gasteiger partial charge in [-0.15, -0.1) is 0 Å². The standard InChI is InChI=1S/C9H17NS.C2H6/c1-3-10-7-5-4-6-8(2)9(10)11;1-2/h8H,3-7H2,1-2H3;1-2H3. The number of hydrogen-bond acceptors (Lipinski definition) is 1. The minimum absolute atomic E-state index is 0.632. The van der Waals surface area contributed by atoms with E-state index in [0.29, 0.717) is 5.92 Å². The molecular weight excluding hydrogens is 178 g/mol. The Kier molecular flexibility index (Phi) is 7.25. The molecule has 0 amide bonds. The molecule has 0 aromatic carbocycles.